The second kappa shape index (κ2) is 9.26. The van der Waals surface area contributed by atoms with Crippen molar-refractivity contribution in [3.8, 4) is 5.75 Å². The fraction of sp³-hybridized carbons (Fsp3) is 0.261. The molecule has 0 amide bonds. The lowest BCUT2D eigenvalue weighted by Gasteiger charge is -2.16. The first-order chi connectivity index (χ1) is 14.4. The number of hydrogen-bond acceptors (Lipinski definition) is 7. The van der Waals surface area contributed by atoms with Crippen molar-refractivity contribution >= 4 is 34.2 Å². The van der Waals surface area contributed by atoms with Crippen LogP contribution in [0.15, 0.2) is 48.7 Å². The van der Waals surface area contributed by atoms with Crippen LogP contribution in [0.1, 0.15) is 41.5 Å². The summed E-state index contributed by atoms with van der Waals surface area (Å²) < 4.78 is 15.7. The second-order valence-electron chi connectivity index (χ2n) is 6.78. The van der Waals surface area contributed by atoms with E-state index in [-0.39, 0.29) is 18.3 Å². The molecule has 0 saturated carbocycles. The van der Waals surface area contributed by atoms with E-state index in [2.05, 4.69) is 10.3 Å². The Morgan fingerprint density at radius 2 is 1.77 bits per heavy atom. The first-order valence-electron chi connectivity index (χ1n) is 9.65. The summed E-state index contributed by atoms with van der Waals surface area (Å²) in [7, 11) is 1.31. The number of aromatic nitrogens is 1. The van der Waals surface area contributed by atoms with Gasteiger partial charge in [0.2, 0.25) is 0 Å². The lowest BCUT2D eigenvalue weighted by Crippen LogP contribution is -2.11. The van der Waals surface area contributed by atoms with E-state index >= 15 is 0 Å². The molecule has 0 saturated heterocycles. The van der Waals surface area contributed by atoms with Crippen molar-refractivity contribution < 1.29 is 23.8 Å². The Morgan fingerprint density at radius 3 is 2.40 bits per heavy atom. The molecule has 0 atom stereocenters. The summed E-state index contributed by atoms with van der Waals surface area (Å²) in [6.45, 7) is 5.89. The van der Waals surface area contributed by atoms with E-state index in [0.717, 1.165) is 11.4 Å². The Morgan fingerprint density at radius 1 is 1.03 bits per heavy atom. The largest absolute Gasteiger partial charge is 0.491 e. The summed E-state index contributed by atoms with van der Waals surface area (Å²) in [6.07, 6.45) is 1.48. The summed E-state index contributed by atoms with van der Waals surface area (Å²) in [4.78, 5) is 29.0. The summed E-state index contributed by atoms with van der Waals surface area (Å²) >= 11 is 0. The van der Waals surface area contributed by atoms with Gasteiger partial charge in [-0.25, -0.2) is 9.59 Å². The lowest BCUT2D eigenvalue weighted by atomic mass is 10.0. The van der Waals surface area contributed by atoms with E-state index in [1.54, 1.807) is 25.1 Å². The summed E-state index contributed by atoms with van der Waals surface area (Å²) in [6, 6.07) is 12.5. The molecule has 0 aliphatic carbocycles. The van der Waals surface area contributed by atoms with E-state index in [4.69, 9.17) is 14.2 Å². The van der Waals surface area contributed by atoms with Crippen molar-refractivity contribution in [3.05, 3.63) is 59.8 Å². The number of fused-ring (bicyclic) bond motifs is 1. The highest BCUT2D eigenvalue weighted by Crippen LogP contribution is 2.32. The molecular weight excluding hydrogens is 384 g/mol. The van der Waals surface area contributed by atoms with Crippen LogP contribution in [0.4, 0.5) is 11.4 Å². The molecule has 3 rings (SSSR count). The van der Waals surface area contributed by atoms with Gasteiger partial charge in [0.25, 0.3) is 0 Å². The number of para-hydroxylation sites is 1. The molecule has 1 aromatic heterocycles. The fourth-order valence-electron chi connectivity index (χ4n) is 3.03. The van der Waals surface area contributed by atoms with E-state index < -0.39 is 11.9 Å². The van der Waals surface area contributed by atoms with E-state index in [0.29, 0.717) is 22.2 Å². The highest BCUT2D eigenvalue weighted by Gasteiger charge is 2.20. The molecule has 0 bridgehead atoms. The van der Waals surface area contributed by atoms with Gasteiger partial charge in [0.05, 0.1) is 36.6 Å². The van der Waals surface area contributed by atoms with Crippen molar-refractivity contribution in [1.29, 1.82) is 0 Å². The van der Waals surface area contributed by atoms with Gasteiger partial charge in [0, 0.05) is 17.3 Å². The zero-order valence-electron chi connectivity index (χ0n) is 17.4. The SMILES string of the molecule is CCOC(=O)c1cnc2c(C(=O)OC)cccc2c1Nc1ccc(OC(C)C)cc1. The minimum Gasteiger partial charge on any atom is -0.491 e. The maximum Gasteiger partial charge on any atom is 0.341 e. The number of nitrogens with one attached hydrogen (secondary N) is 1. The summed E-state index contributed by atoms with van der Waals surface area (Å²) in [5, 5.41) is 3.87. The Balaban J connectivity index is 2.10. The van der Waals surface area contributed by atoms with Crippen molar-refractivity contribution in [2.24, 2.45) is 0 Å². The molecule has 1 N–H and O–H groups in total. The third kappa shape index (κ3) is 4.51. The number of carbonyl (C=O) groups is 2. The minimum absolute atomic E-state index is 0.0695. The van der Waals surface area contributed by atoms with Gasteiger partial charge in [0.15, 0.2) is 0 Å². The Kier molecular flexibility index (Phi) is 6.51. The maximum absolute atomic E-state index is 12.5. The van der Waals surface area contributed by atoms with Gasteiger partial charge in [-0.05, 0) is 51.1 Å². The molecule has 3 aromatic rings. The number of ether oxygens (including phenoxy) is 3. The van der Waals surface area contributed by atoms with Gasteiger partial charge in [-0.3, -0.25) is 4.98 Å². The van der Waals surface area contributed by atoms with Crippen molar-refractivity contribution in [1.82, 2.24) is 4.98 Å². The van der Waals surface area contributed by atoms with Gasteiger partial charge < -0.3 is 19.5 Å². The predicted octanol–water partition coefficient (Wildman–Crippen LogP) is 4.73. The number of rotatable bonds is 7. The van der Waals surface area contributed by atoms with Crippen LogP contribution in [0.25, 0.3) is 10.9 Å². The molecule has 30 heavy (non-hydrogen) atoms. The number of benzene rings is 2. The number of nitrogens with zero attached hydrogens (tertiary/aromatic N) is 1. The normalized spacial score (nSPS) is 10.7. The van der Waals surface area contributed by atoms with Gasteiger partial charge in [-0.15, -0.1) is 0 Å². The average Bonchev–Trinajstić information content (AvgIpc) is 2.74. The van der Waals surface area contributed by atoms with Gasteiger partial charge in [-0.1, -0.05) is 12.1 Å². The van der Waals surface area contributed by atoms with Crippen LogP contribution in [0, 0.1) is 0 Å². The highest BCUT2D eigenvalue weighted by atomic mass is 16.5. The molecule has 0 aliphatic rings. The van der Waals surface area contributed by atoms with Crippen LogP contribution >= 0.6 is 0 Å². The standard InChI is InChI=1S/C23H24N2O5/c1-5-29-23(27)19-13-24-20-17(7-6-8-18(20)22(26)28-4)21(19)25-15-9-11-16(12-10-15)30-14(2)3/h6-14H,5H2,1-4H3,(H,24,25). The van der Waals surface area contributed by atoms with Crippen LogP contribution < -0.4 is 10.1 Å². The molecule has 0 unspecified atom stereocenters. The number of anilines is 2. The number of esters is 2. The third-order valence-electron chi connectivity index (χ3n) is 4.29. The summed E-state index contributed by atoms with van der Waals surface area (Å²) in [5.74, 6) is -0.260. The molecule has 0 fully saturated rings. The molecule has 156 valence electrons. The quantitative estimate of drug-likeness (QED) is 0.566. The molecule has 0 spiro atoms. The predicted molar refractivity (Wildman–Crippen MR) is 115 cm³/mol. The molecule has 0 aliphatic heterocycles. The maximum atomic E-state index is 12.5. The Bertz CT molecular complexity index is 1060. The smallest absolute Gasteiger partial charge is 0.341 e. The molecule has 7 nitrogen and oxygen atoms in total. The first-order valence-corrected chi connectivity index (χ1v) is 9.65. The van der Waals surface area contributed by atoms with Gasteiger partial charge in [0.1, 0.15) is 11.3 Å². The highest BCUT2D eigenvalue weighted by molar-refractivity contribution is 6.11. The molecular formula is C23H24N2O5. The van der Waals surface area contributed by atoms with Crippen LogP contribution in [-0.2, 0) is 9.47 Å². The lowest BCUT2D eigenvalue weighted by molar-refractivity contribution is 0.0526. The van der Waals surface area contributed by atoms with Crippen molar-refractivity contribution in [3.63, 3.8) is 0 Å². The first kappa shape index (κ1) is 21.1. The second-order valence-corrected chi connectivity index (χ2v) is 6.78. The Hall–Kier alpha value is -3.61. The zero-order valence-corrected chi connectivity index (χ0v) is 17.4. The monoisotopic (exact) mass is 408 g/mol. The van der Waals surface area contributed by atoms with Crippen LogP contribution in [0.2, 0.25) is 0 Å². The zero-order chi connectivity index (χ0) is 21.7. The number of hydrogen-bond donors (Lipinski definition) is 1. The van der Waals surface area contributed by atoms with Crippen LogP contribution in [0.3, 0.4) is 0 Å². The van der Waals surface area contributed by atoms with Crippen LogP contribution in [0.5, 0.6) is 5.75 Å². The van der Waals surface area contributed by atoms with Gasteiger partial charge >= 0.3 is 11.9 Å². The van der Waals surface area contributed by atoms with Gasteiger partial charge in [-0.2, -0.15) is 0 Å². The summed E-state index contributed by atoms with van der Waals surface area (Å²) in [5.41, 5.74) is 2.26. The molecule has 0 radical (unpaired) electrons. The molecule has 2 aromatic carbocycles. The van der Waals surface area contributed by atoms with E-state index in [9.17, 15) is 9.59 Å². The molecule has 7 heteroatoms. The average molecular weight is 408 g/mol. The Labute approximate surface area is 175 Å². The van der Waals surface area contributed by atoms with Crippen molar-refractivity contribution in [2.45, 2.75) is 26.9 Å². The fourth-order valence-corrected chi connectivity index (χ4v) is 3.03. The van der Waals surface area contributed by atoms with E-state index in [1.165, 1.54) is 13.3 Å². The number of methoxy groups -OCH3 is 1. The number of pyridine rings is 1. The minimum atomic E-state index is -0.502. The number of carbonyl (C=O) groups excluding carboxylic acids is 2. The molecule has 1 heterocycles. The van der Waals surface area contributed by atoms with Crippen LogP contribution in [-0.4, -0.2) is 36.7 Å². The van der Waals surface area contributed by atoms with Crippen molar-refractivity contribution in [2.75, 3.05) is 19.0 Å². The third-order valence-corrected chi connectivity index (χ3v) is 4.29. The topological polar surface area (TPSA) is 86.8 Å². The van der Waals surface area contributed by atoms with E-state index in [1.807, 2.05) is 38.1 Å².